The number of aromatic nitrogens is 2. The van der Waals surface area contributed by atoms with Gasteiger partial charge in [-0.2, -0.15) is 0 Å². The average molecular weight is 629 g/mol. The summed E-state index contributed by atoms with van der Waals surface area (Å²) in [6.07, 6.45) is 9.34. The van der Waals surface area contributed by atoms with E-state index < -0.39 is 0 Å². The zero-order valence-electron chi connectivity index (χ0n) is 27.5. The van der Waals surface area contributed by atoms with Crippen molar-refractivity contribution in [2.75, 3.05) is 37.9 Å². The number of pyridine rings is 2. The number of nitrogens with one attached hydrogen (secondary N) is 4. The molecular formula is C36H48N6O4. The molecule has 0 spiro atoms. The molecule has 10 heteroatoms. The van der Waals surface area contributed by atoms with E-state index in [2.05, 4.69) is 45.1 Å². The quantitative estimate of drug-likeness (QED) is 0.0873. The summed E-state index contributed by atoms with van der Waals surface area (Å²) in [7, 11) is 3.32. The second kappa shape index (κ2) is 17.8. The fraction of sp³-hybridized carbons (Fsp3) is 0.444. The summed E-state index contributed by atoms with van der Waals surface area (Å²) in [6, 6.07) is 16.2. The van der Waals surface area contributed by atoms with Crippen LogP contribution in [0.2, 0.25) is 0 Å². The Balaban J connectivity index is 1.03. The predicted octanol–water partition coefficient (Wildman–Crippen LogP) is 6.45. The van der Waals surface area contributed by atoms with E-state index in [4.69, 9.17) is 9.47 Å². The van der Waals surface area contributed by atoms with E-state index in [1.807, 2.05) is 48.5 Å². The SMILES string of the molecule is COc1cc(NC(C)CCCNC(=O)CCCCC(=O)NCCCC(C)Nc2cc(OC)cc3cccnc23)c2ncccc2c1. The molecule has 2 aromatic carbocycles. The largest absolute Gasteiger partial charge is 0.497 e. The topological polar surface area (TPSA) is 127 Å². The summed E-state index contributed by atoms with van der Waals surface area (Å²) in [6.45, 7) is 5.50. The summed E-state index contributed by atoms with van der Waals surface area (Å²) in [4.78, 5) is 33.6. The third kappa shape index (κ3) is 10.5. The van der Waals surface area contributed by atoms with E-state index in [0.717, 1.165) is 70.4 Å². The van der Waals surface area contributed by atoms with Gasteiger partial charge in [0.05, 0.1) is 36.6 Å². The fourth-order valence-electron chi connectivity index (χ4n) is 5.48. The van der Waals surface area contributed by atoms with Gasteiger partial charge in [-0.25, -0.2) is 0 Å². The zero-order chi connectivity index (χ0) is 32.7. The van der Waals surface area contributed by atoms with Gasteiger partial charge in [-0.1, -0.05) is 12.1 Å². The van der Waals surface area contributed by atoms with E-state index in [0.29, 0.717) is 38.8 Å². The minimum absolute atomic E-state index is 0.0320. The number of hydrogen-bond donors (Lipinski definition) is 4. The molecule has 0 bridgehead atoms. The van der Waals surface area contributed by atoms with E-state index in [9.17, 15) is 9.59 Å². The van der Waals surface area contributed by atoms with Crippen LogP contribution in [0.4, 0.5) is 11.4 Å². The predicted molar refractivity (Wildman–Crippen MR) is 186 cm³/mol. The lowest BCUT2D eigenvalue weighted by Gasteiger charge is -2.17. The summed E-state index contributed by atoms with van der Waals surface area (Å²) in [5, 5.41) is 15.1. The van der Waals surface area contributed by atoms with Gasteiger partial charge in [-0.3, -0.25) is 19.6 Å². The van der Waals surface area contributed by atoms with Crippen LogP contribution in [0.3, 0.4) is 0 Å². The molecule has 0 aliphatic heterocycles. The molecule has 0 saturated heterocycles. The van der Waals surface area contributed by atoms with Crippen molar-refractivity contribution < 1.29 is 19.1 Å². The van der Waals surface area contributed by atoms with Gasteiger partial charge in [0.15, 0.2) is 0 Å². The lowest BCUT2D eigenvalue weighted by atomic mass is 10.1. The van der Waals surface area contributed by atoms with E-state index in [1.54, 1.807) is 26.6 Å². The Morgan fingerprint density at radius 3 is 1.52 bits per heavy atom. The minimum Gasteiger partial charge on any atom is -0.497 e. The maximum absolute atomic E-state index is 12.3. The Bertz CT molecular complexity index is 1460. The van der Waals surface area contributed by atoms with Crippen LogP contribution in [-0.2, 0) is 9.59 Å². The molecule has 0 aliphatic carbocycles. The highest BCUT2D eigenvalue weighted by atomic mass is 16.5. The number of carbonyl (C=O) groups is 2. The second-order valence-corrected chi connectivity index (χ2v) is 11.8. The van der Waals surface area contributed by atoms with Crippen LogP contribution in [0.5, 0.6) is 11.5 Å². The third-order valence-corrected chi connectivity index (χ3v) is 7.96. The molecule has 2 atom stereocenters. The molecule has 0 saturated carbocycles. The van der Waals surface area contributed by atoms with Crippen molar-refractivity contribution in [2.45, 2.75) is 77.3 Å². The molecule has 4 aromatic rings. The minimum atomic E-state index is 0.0320. The number of carbonyl (C=O) groups excluding carboxylic acids is 2. The number of benzene rings is 2. The van der Waals surface area contributed by atoms with Gasteiger partial charge < -0.3 is 30.7 Å². The Hall–Kier alpha value is -4.60. The van der Waals surface area contributed by atoms with Gasteiger partial charge in [0.2, 0.25) is 11.8 Å². The summed E-state index contributed by atoms with van der Waals surface area (Å²) >= 11 is 0. The molecule has 2 amide bonds. The van der Waals surface area contributed by atoms with Crippen molar-refractivity contribution in [3.05, 3.63) is 60.9 Å². The lowest BCUT2D eigenvalue weighted by Crippen LogP contribution is -2.26. The first-order chi connectivity index (χ1) is 22.4. The number of methoxy groups -OCH3 is 2. The highest BCUT2D eigenvalue weighted by Gasteiger charge is 2.11. The molecule has 0 aliphatic rings. The van der Waals surface area contributed by atoms with Crippen LogP contribution in [0.25, 0.3) is 21.8 Å². The summed E-state index contributed by atoms with van der Waals surface area (Å²) in [5.74, 6) is 1.64. The Morgan fingerprint density at radius 2 is 1.11 bits per heavy atom. The average Bonchev–Trinajstić information content (AvgIpc) is 3.06. The third-order valence-electron chi connectivity index (χ3n) is 7.96. The van der Waals surface area contributed by atoms with Gasteiger partial charge >= 0.3 is 0 Å². The highest BCUT2D eigenvalue weighted by molar-refractivity contribution is 5.92. The number of rotatable bonds is 19. The van der Waals surface area contributed by atoms with Gasteiger partial charge in [-0.05, 0) is 76.6 Å². The van der Waals surface area contributed by atoms with Crippen LogP contribution in [-0.4, -0.2) is 61.2 Å². The first-order valence-electron chi connectivity index (χ1n) is 16.3. The van der Waals surface area contributed by atoms with Gasteiger partial charge in [0.1, 0.15) is 11.5 Å². The van der Waals surface area contributed by atoms with E-state index >= 15 is 0 Å². The second-order valence-electron chi connectivity index (χ2n) is 11.8. The van der Waals surface area contributed by atoms with Gasteiger partial charge in [0.25, 0.3) is 0 Å². The molecule has 246 valence electrons. The summed E-state index contributed by atoms with van der Waals surface area (Å²) in [5.41, 5.74) is 3.71. The molecule has 2 aromatic heterocycles. The first-order valence-corrected chi connectivity index (χ1v) is 16.3. The molecule has 4 rings (SSSR count). The summed E-state index contributed by atoms with van der Waals surface area (Å²) < 4.78 is 10.9. The zero-order valence-corrected chi connectivity index (χ0v) is 27.5. The normalized spacial score (nSPS) is 12.3. The van der Waals surface area contributed by atoms with Crippen molar-refractivity contribution in [3.63, 3.8) is 0 Å². The monoisotopic (exact) mass is 628 g/mol. The molecular weight excluding hydrogens is 580 g/mol. The number of hydrogen-bond acceptors (Lipinski definition) is 8. The van der Waals surface area contributed by atoms with Crippen molar-refractivity contribution in [2.24, 2.45) is 0 Å². The molecule has 46 heavy (non-hydrogen) atoms. The number of nitrogens with zero attached hydrogens (tertiary/aromatic N) is 2. The van der Waals surface area contributed by atoms with Crippen LogP contribution < -0.4 is 30.7 Å². The number of anilines is 2. The van der Waals surface area contributed by atoms with Crippen molar-refractivity contribution in [3.8, 4) is 11.5 Å². The fourth-order valence-corrected chi connectivity index (χ4v) is 5.48. The molecule has 0 radical (unpaired) electrons. The van der Waals surface area contributed by atoms with Crippen LogP contribution >= 0.6 is 0 Å². The van der Waals surface area contributed by atoms with Crippen molar-refractivity contribution in [1.29, 1.82) is 0 Å². The molecule has 2 unspecified atom stereocenters. The van der Waals surface area contributed by atoms with Gasteiger partial charge in [-0.15, -0.1) is 0 Å². The maximum Gasteiger partial charge on any atom is 0.219 e. The van der Waals surface area contributed by atoms with E-state index in [-0.39, 0.29) is 23.9 Å². The highest BCUT2D eigenvalue weighted by Crippen LogP contribution is 2.29. The van der Waals surface area contributed by atoms with Crippen LogP contribution in [0.15, 0.2) is 60.9 Å². The first kappa shape index (κ1) is 34.3. The van der Waals surface area contributed by atoms with E-state index in [1.165, 1.54) is 0 Å². The lowest BCUT2D eigenvalue weighted by molar-refractivity contribution is -0.123. The number of fused-ring (bicyclic) bond motifs is 2. The molecule has 2 heterocycles. The van der Waals surface area contributed by atoms with Crippen molar-refractivity contribution in [1.82, 2.24) is 20.6 Å². The molecule has 0 fully saturated rings. The van der Waals surface area contributed by atoms with Crippen molar-refractivity contribution >= 4 is 45.0 Å². The van der Waals surface area contributed by atoms with Crippen LogP contribution in [0, 0.1) is 0 Å². The molecule has 10 nitrogen and oxygen atoms in total. The Labute approximate surface area is 272 Å². The standard InChI is InChI=1S/C36H48N6O4/c1-25(41-31-23-29(45-3)21-27-13-9-19-39-35(27)31)11-7-17-37-33(43)15-5-6-16-34(44)38-18-8-12-26(2)42-32-24-30(46-4)22-28-14-10-20-40-36(28)32/h9-10,13-14,19-26,41-42H,5-8,11-12,15-18H2,1-4H3,(H,37,43)(H,38,44). The maximum atomic E-state index is 12.3. The number of amides is 2. The Kier molecular flexibility index (Phi) is 13.2. The number of unbranched alkanes of at least 4 members (excludes halogenated alkanes) is 1. The molecule has 4 N–H and O–H groups in total. The smallest absolute Gasteiger partial charge is 0.219 e. The number of ether oxygens (including phenoxy) is 2. The Morgan fingerprint density at radius 1 is 0.674 bits per heavy atom. The van der Waals surface area contributed by atoms with Gasteiger partial charge in [0, 0.05) is 73.3 Å². The van der Waals surface area contributed by atoms with Crippen LogP contribution in [0.1, 0.15) is 65.2 Å².